The summed E-state index contributed by atoms with van der Waals surface area (Å²) in [7, 11) is 0. The number of ether oxygens (including phenoxy) is 1. The van der Waals surface area contributed by atoms with Crippen LogP contribution in [0.3, 0.4) is 0 Å². The number of nitrogens with one attached hydrogen (secondary N) is 3. The van der Waals surface area contributed by atoms with E-state index < -0.39 is 12.1 Å². The van der Waals surface area contributed by atoms with E-state index in [9.17, 15) is 9.59 Å². The molecule has 0 aromatic heterocycles. The van der Waals surface area contributed by atoms with Crippen molar-refractivity contribution in [2.75, 3.05) is 29.9 Å². The zero-order valence-electron chi connectivity index (χ0n) is 26.6. The zero-order chi connectivity index (χ0) is 31.8. The van der Waals surface area contributed by atoms with E-state index in [0.29, 0.717) is 19.4 Å². The molecule has 0 aliphatic carbocycles. The Bertz CT molecular complexity index is 1460. The molecule has 4 aromatic rings. The van der Waals surface area contributed by atoms with Crippen molar-refractivity contribution in [2.45, 2.75) is 63.6 Å². The van der Waals surface area contributed by atoms with E-state index in [0.717, 1.165) is 42.7 Å². The normalized spacial score (nSPS) is 14.1. The minimum atomic E-state index is -0.744. The summed E-state index contributed by atoms with van der Waals surface area (Å²) in [6.07, 6.45) is 5.86. The summed E-state index contributed by atoms with van der Waals surface area (Å²) in [5.41, 5.74) is 5.48. The molecule has 5 rings (SSSR count). The fourth-order valence-corrected chi connectivity index (χ4v) is 5.83. The van der Waals surface area contributed by atoms with Crippen molar-refractivity contribution in [2.24, 2.45) is 0 Å². The van der Waals surface area contributed by atoms with Crippen LogP contribution in [0.2, 0.25) is 0 Å². The Kier molecular flexibility index (Phi) is 12.5. The lowest BCUT2D eigenvalue weighted by Gasteiger charge is -2.29. The van der Waals surface area contributed by atoms with E-state index in [2.05, 4.69) is 57.2 Å². The van der Waals surface area contributed by atoms with Gasteiger partial charge in [-0.25, -0.2) is 4.79 Å². The Labute approximate surface area is 273 Å². The van der Waals surface area contributed by atoms with Crippen molar-refractivity contribution in [3.63, 3.8) is 0 Å². The molecule has 1 aliphatic heterocycles. The largest absolute Gasteiger partial charge is 0.445 e. The highest BCUT2D eigenvalue weighted by atomic mass is 16.5. The second-order valence-corrected chi connectivity index (χ2v) is 12.0. The van der Waals surface area contributed by atoms with Crippen LogP contribution in [-0.2, 0) is 29.0 Å². The lowest BCUT2D eigenvalue weighted by Crippen LogP contribution is -2.51. The van der Waals surface area contributed by atoms with Gasteiger partial charge in [-0.3, -0.25) is 4.79 Å². The molecule has 0 saturated carbocycles. The van der Waals surface area contributed by atoms with E-state index in [1.165, 1.54) is 30.5 Å². The maximum absolute atomic E-state index is 13.8. The van der Waals surface area contributed by atoms with Crippen LogP contribution in [0.5, 0.6) is 0 Å². The molecule has 7 nitrogen and oxygen atoms in total. The average molecular weight is 619 g/mol. The van der Waals surface area contributed by atoms with Crippen molar-refractivity contribution < 1.29 is 14.3 Å². The smallest absolute Gasteiger partial charge is 0.408 e. The molecule has 0 radical (unpaired) electrons. The van der Waals surface area contributed by atoms with Gasteiger partial charge in [0.1, 0.15) is 12.6 Å². The molecule has 0 bridgehead atoms. The highest BCUT2D eigenvalue weighted by Crippen LogP contribution is 2.22. The molecule has 2 amide bonds. The monoisotopic (exact) mass is 618 g/mol. The number of aryl methyl sites for hydroxylation is 2. The topological polar surface area (TPSA) is 82.7 Å². The van der Waals surface area contributed by atoms with E-state index in [-0.39, 0.29) is 18.6 Å². The second-order valence-electron chi connectivity index (χ2n) is 12.0. The molecule has 46 heavy (non-hydrogen) atoms. The van der Waals surface area contributed by atoms with E-state index in [1.54, 1.807) is 0 Å². The number of hydrogen-bond acceptors (Lipinski definition) is 5. The number of piperidine rings is 1. The number of hydrogen-bond donors (Lipinski definition) is 3. The van der Waals surface area contributed by atoms with Gasteiger partial charge in [-0.2, -0.15) is 0 Å². The first-order valence-electron chi connectivity index (χ1n) is 16.6. The van der Waals surface area contributed by atoms with Crippen LogP contribution in [0.25, 0.3) is 0 Å². The molecule has 4 aromatic carbocycles. The highest BCUT2D eigenvalue weighted by molar-refractivity contribution is 5.86. The van der Waals surface area contributed by atoms with Gasteiger partial charge in [-0.15, -0.1) is 0 Å². The fraction of sp³-hybridized carbons (Fsp3) is 0.333. The lowest BCUT2D eigenvalue weighted by molar-refractivity contribution is -0.123. The number of rotatable bonds is 15. The fourth-order valence-electron chi connectivity index (χ4n) is 5.83. The predicted molar refractivity (Wildman–Crippen MR) is 186 cm³/mol. The summed E-state index contributed by atoms with van der Waals surface area (Å²) in [4.78, 5) is 29.1. The minimum absolute atomic E-state index is 0.139. The second kappa shape index (κ2) is 17.6. The van der Waals surface area contributed by atoms with Gasteiger partial charge in [-0.1, -0.05) is 91.0 Å². The van der Waals surface area contributed by atoms with Crippen molar-refractivity contribution >= 4 is 23.4 Å². The summed E-state index contributed by atoms with van der Waals surface area (Å²) in [6.45, 7) is 2.92. The predicted octanol–water partition coefficient (Wildman–Crippen LogP) is 7.13. The van der Waals surface area contributed by atoms with Crippen LogP contribution >= 0.6 is 0 Å². The van der Waals surface area contributed by atoms with Gasteiger partial charge in [0.2, 0.25) is 5.91 Å². The molecule has 3 N–H and O–H groups in total. The zero-order valence-corrected chi connectivity index (χ0v) is 26.6. The van der Waals surface area contributed by atoms with Gasteiger partial charge < -0.3 is 25.6 Å². The van der Waals surface area contributed by atoms with Crippen molar-refractivity contribution in [3.8, 4) is 0 Å². The quantitative estimate of drug-likeness (QED) is 0.132. The summed E-state index contributed by atoms with van der Waals surface area (Å²) in [5, 5.41) is 9.65. The Hall–Kier alpha value is -4.78. The Morgan fingerprint density at radius 2 is 1.22 bits per heavy atom. The van der Waals surface area contributed by atoms with Gasteiger partial charge in [0.15, 0.2) is 0 Å². The van der Waals surface area contributed by atoms with Gasteiger partial charge in [0.25, 0.3) is 0 Å². The van der Waals surface area contributed by atoms with Crippen LogP contribution in [0.1, 0.15) is 48.8 Å². The number of carbonyl (C=O) groups is 2. The average Bonchev–Trinajstić information content (AvgIpc) is 3.12. The Morgan fingerprint density at radius 1 is 0.652 bits per heavy atom. The van der Waals surface area contributed by atoms with E-state index in [4.69, 9.17) is 4.74 Å². The van der Waals surface area contributed by atoms with Crippen molar-refractivity contribution in [1.29, 1.82) is 0 Å². The Morgan fingerprint density at radius 3 is 1.83 bits per heavy atom. The standard InChI is InChI=1S/C39H46N4O3/c44-38(37(26-20-32-15-7-2-8-16-32)42-39(45)46-30-33-17-9-3-10-18-33)41-35(21-19-31-13-5-1-6-14-31)29-40-34-22-24-36(25-23-34)43-27-11-4-12-28-43/h1-3,5-10,13-18,22-25,35,37,40H,4,11-12,19-21,26-30H2,(H,41,44)(H,42,45)/t35-,37+/m0/s1. The summed E-state index contributed by atoms with van der Waals surface area (Å²) >= 11 is 0. The third kappa shape index (κ3) is 10.7. The first-order chi connectivity index (χ1) is 22.6. The van der Waals surface area contributed by atoms with Crippen LogP contribution in [-0.4, -0.2) is 43.7 Å². The van der Waals surface area contributed by atoms with E-state index in [1.807, 2.05) is 78.9 Å². The van der Waals surface area contributed by atoms with Gasteiger partial charge in [0, 0.05) is 37.1 Å². The van der Waals surface area contributed by atoms with Crippen molar-refractivity contribution in [3.05, 3.63) is 132 Å². The molecule has 2 atom stereocenters. The third-order valence-electron chi connectivity index (χ3n) is 8.50. The van der Waals surface area contributed by atoms with Gasteiger partial charge >= 0.3 is 6.09 Å². The number of carbonyl (C=O) groups excluding carboxylic acids is 2. The lowest BCUT2D eigenvalue weighted by atomic mass is 10.0. The molecule has 1 fully saturated rings. The molecular weight excluding hydrogens is 572 g/mol. The molecule has 1 aliphatic rings. The number of nitrogens with zero attached hydrogens (tertiary/aromatic N) is 1. The van der Waals surface area contributed by atoms with Crippen LogP contribution in [0, 0.1) is 0 Å². The van der Waals surface area contributed by atoms with E-state index >= 15 is 0 Å². The summed E-state index contributed by atoms with van der Waals surface area (Å²) < 4.78 is 5.48. The SMILES string of the molecule is O=C(N[C@H](CCc1ccccc1)C(=O)N[C@@H](CCc1ccccc1)CNc1ccc(N2CCCCC2)cc1)OCc1ccccc1. The number of amides is 2. The maximum atomic E-state index is 13.8. The maximum Gasteiger partial charge on any atom is 0.408 e. The number of alkyl carbamates (subject to hydrolysis) is 1. The van der Waals surface area contributed by atoms with Crippen LogP contribution in [0.4, 0.5) is 16.2 Å². The van der Waals surface area contributed by atoms with Crippen molar-refractivity contribution in [1.82, 2.24) is 10.6 Å². The molecular formula is C39H46N4O3. The van der Waals surface area contributed by atoms with Gasteiger partial charge in [0.05, 0.1) is 0 Å². The molecule has 1 heterocycles. The van der Waals surface area contributed by atoms with Crippen LogP contribution < -0.4 is 20.9 Å². The molecule has 7 heteroatoms. The minimum Gasteiger partial charge on any atom is -0.445 e. The molecule has 0 unspecified atom stereocenters. The van der Waals surface area contributed by atoms with Gasteiger partial charge in [-0.05, 0) is 85.9 Å². The first kappa shape index (κ1) is 32.6. The highest BCUT2D eigenvalue weighted by Gasteiger charge is 2.24. The molecule has 240 valence electrons. The Balaban J connectivity index is 1.23. The first-order valence-corrected chi connectivity index (χ1v) is 16.6. The third-order valence-corrected chi connectivity index (χ3v) is 8.50. The molecule has 0 spiro atoms. The van der Waals surface area contributed by atoms with Crippen LogP contribution in [0.15, 0.2) is 115 Å². The number of benzene rings is 4. The molecule has 1 saturated heterocycles. The summed E-state index contributed by atoms with van der Waals surface area (Å²) in [6, 6.07) is 37.5. The number of anilines is 2. The summed E-state index contributed by atoms with van der Waals surface area (Å²) in [5.74, 6) is -0.215.